The molecule has 0 atom stereocenters. The lowest BCUT2D eigenvalue weighted by atomic mass is 10.1. The van der Waals surface area contributed by atoms with E-state index in [0.29, 0.717) is 0 Å². The van der Waals surface area contributed by atoms with E-state index in [9.17, 15) is 0 Å². The van der Waals surface area contributed by atoms with Crippen LogP contribution in [0.15, 0.2) is 60.7 Å². The van der Waals surface area contributed by atoms with Gasteiger partial charge in [0.2, 0.25) is 0 Å². The molecule has 0 saturated carbocycles. The average Bonchev–Trinajstić information content (AvgIpc) is 2.65. The lowest BCUT2D eigenvalue weighted by molar-refractivity contribution is 0.667. The topological polar surface area (TPSA) is 0 Å². The first-order valence-corrected chi connectivity index (χ1v) is 9.94. The van der Waals surface area contributed by atoms with Gasteiger partial charge in [-0.15, -0.1) is 0 Å². The molecule has 0 aliphatic rings. The van der Waals surface area contributed by atoms with Crippen LogP contribution in [0.5, 0.6) is 0 Å². The number of unbranched alkanes of at least 4 members (excludes halogenated alkanes) is 6. The van der Waals surface area contributed by atoms with Crippen LogP contribution in [0.25, 0.3) is 0 Å². The zero-order chi connectivity index (χ0) is 17.3. The van der Waals surface area contributed by atoms with E-state index in [4.69, 9.17) is 0 Å². The maximum atomic E-state index is 2.25. The van der Waals surface area contributed by atoms with Crippen LogP contribution in [0, 0.1) is 0 Å². The van der Waals surface area contributed by atoms with Gasteiger partial charge in [-0.2, -0.15) is 0 Å². The summed E-state index contributed by atoms with van der Waals surface area (Å²) in [6.07, 6.45) is 13.4. The van der Waals surface area contributed by atoms with Gasteiger partial charge in [-0.05, 0) is 36.8 Å². The molecule has 0 heterocycles. The Labute approximate surface area is 150 Å². The predicted octanol–water partition coefficient (Wildman–Crippen LogP) is 7.62. The van der Waals surface area contributed by atoms with Crippen molar-refractivity contribution in [3.05, 3.63) is 71.8 Å². The summed E-state index contributed by atoms with van der Waals surface area (Å²) >= 11 is 0. The van der Waals surface area contributed by atoms with Gasteiger partial charge in [-0.3, -0.25) is 0 Å². The van der Waals surface area contributed by atoms with Crippen LogP contribution in [0.4, 0.5) is 0 Å². The standard InChI is InChI=1S/2C12H18/c2*1-2-3-4-6-9-12-10-7-5-8-11-12/h2*5,7-8,10-11H,2-4,6,9H2,1H3. The third kappa shape index (κ3) is 11.0. The van der Waals surface area contributed by atoms with Crippen LogP contribution in [-0.4, -0.2) is 0 Å². The van der Waals surface area contributed by atoms with Crippen LogP contribution in [-0.2, 0) is 12.8 Å². The first kappa shape index (κ1) is 20.5. The minimum Gasteiger partial charge on any atom is -0.0654 e. The van der Waals surface area contributed by atoms with Crippen molar-refractivity contribution in [3.8, 4) is 0 Å². The summed E-state index contributed by atoms with van der Waals surface area (Å²) in [4.78, 5) is 0. The summed E-state index contributed by atoms with van der Waals surface area (Å²) in [5.41, 5.74) is 2.96. The van der Waals surface area contributed by atoms with E-state index in [0.717, 1.165) is 0 Å². The summed E-state index contributed by atoms with van der Waals surface area (Å²) in [6, 6.07) is 21.5. The quantitative estimate of drug-likeness (QED) is 0.394. The van der Waals surface area contributed by atoms with Crippen molar-refractivity contribution in [3.63, 3.8) is 0 Å². The number of aryl methyl sites for hydroxylation is 2. The van der Waals surface area contributed by atoms with Crippen molar-refractivity contribution >= 4 is 0 Å². The van der Waals surface area contributed by atoms with Gasteiger partial charge in [0, 0.05) is 0 Å². The fraction of sp³-hybridized carbons (Fsp3) is 0.500. The van der Waals surface area contributed by atoms with E-state index in [2.05, 4.69) is 74.5 Å². The lowest BCUT2D eigenvalue weighted by Gasteiger charge is -1.99. The summed E-state index contributed by atoms with van der Waals surface area (Å²) in [7, 11) is 0. The van der Waals surface area contributed by atoms with Gasteiger partial charge in [-0.25, -0.2) is 0 Å². The molecule has 0 saturated heterocycles. The number of hydrogen-bond donors (Lipinski definition) is 0. The molecule has 0 nitrogen and oxygen atoms in total. The molecule has 0 aromatic heterocycles. The molecule has 2 aromatic carbocycles. The molecule has 0 aliphatic carbocycles. The van der Waals surface area contributed by atoms with Crippen molar-refractivity contribution in [2.75, 3.05) is 0 Å². The van der Waals surface area contributed by atoms with E-state index in [1.807, 2.05) is 0 Å². The largest absolute Gasteiger partial charge is 0.0654 e. The van der Waals surface area contributed by atoms with Gasteiger partial charge in [-0.1, -0.05) is 113 Å². The van der Waals surface area contributed by atoms with E-state index in [1.54, 1.807) is 0 Å². The van der Waals surface area contributed by atoms with Gasteiger partial charge in [0.1, 0.15) is 0 Å². The molecule has 0 unspecified atom stereocenters. The van der Waals surface area contributed by atoms with Gasteiger partial charge in [0.15, 0.2) is 0 Å². The maximum absolute atomic E-state index is 2.25. The average molecular weight is 325 g/mol. The van der Waals surface area contributed by atoms with Crippen molar-refractivity contribution in [2.24, 2.45) is 0 Å². The molecule has 24 heavy (non-hydrogen) atoms. The Kier molecular flexibility index (Phi) is 12.8. The van der Waals surface area contributed by atoms with E-state index < -0.39 is 0 Å². The molecule has 0 heteroatoms. The van der Waals surface area contributed by atoms with Crippen molar-refractivity contribution in [1.82, 2.24) is 0 Å². The molecule has 0 N–H and O–H groups in total. The highest BCUT2D eigenvalue weighted by Crippen LogP contribution is 2.07. The molecule has 0 aliphatic heterocycles. The van der Waals surface area contributed by atoms with Crippen molar-refractivity contribution in [1.29, 1.82) is 0 Å². The molecular weight excluding hydrogens is 288 g/mol. The minimum atomic E-state index is 1.25. The first-order chi connectivity index (χ1) is 11.9. The second kappa shape index (κ2) is 15.0. The molecule has 0 spiro atoms. The summed E-state index contributed by atoms with van der Waals surface area (Å²) in [5.74, 6) is 0. The van der Waals surface area contributed by atoms with Crippen LogP contribution in [0.1, 0.15) is 76.3 Å². The van der Waals surface area contributed by atoms with Gasteiger partial charge in [0.05, 0.1) is 0 Å². The highest BCUT2D eigenvalue weighted by molar-refractivity contribution is 5.15. The Morgan fingerprint density at radius 1 is 0.458 bits per heavy atom. The summed E-state index contributed by atoms with van der Waals surface area (Å²) in [5, 5.41) is 0. The molecule has 2 aromatic rings. The van der Waals surface area contributed by atoms with Crippen LogP contribution in [0.2, 0.25) is 0 Å². The second-order valence-corrected chi connectivity index (χ2v) is 6.59. The highest BCUT2D eigenvalue weighted by atomic mass is 14.0. The minimum absolute atomic E-state index is 1.25. The third-order valence-electron chi connectivity index (χ3n) is 4.32. The molecule has 0 fully saturated rings. The van der Waals surface area contributed by atoms with Crippen LogP contribution in [0.3, 0.4) is 0 Å². The van der Waals surface area contributed by atoms with Crippen LogP contribution >= 0.6 is 0 Å². The highest BCUT2D eigenvalue weighted by Gasteiger charge is 1.91. The Bertz CT molecular complexity index is 424. The number of rotatable bonds is 10. The third-order valence-corrected chi connectivity index (χ3v) is 4.32. The smallest absolute Gasteiger partial charge is 0.0279 e. The molecule has 0 bridgehead atoms. The van der Waals surface area contributed by atoms with Gasteiger partial charge >= 0.3 is 0 Å². The monoisotopic (exact) mass is 324 g/mol. The van der Waals surface area contributed by atoms with Gasteiger partial charge < -0.3 is 0 Å². The molecule has 132 valence electrons. The normalized spacial score (nSPS) is 10.1. The summed E-state index contributed by atoms with van der Waals surface area (Å²) < 4.78 is 0. The SMILES string of the molecule is CCCCCCc1ccccc1.CCCCCCc1ccccc1. The van der Waals surface area contributed by atoms with E-state index in [-0.39, 0.29) is 0 Å². The molecule has 2 rings (SSSR count). The fourth-order valence-electron chi connectivity index (χ4n) is 2.80. The predicted molar refractivity (Wildman–Crippen MR) is 109 cm³/mol. The Morgan fingerprint density at radius 3 is 1.17 bits per heavy atom. The number of benzene rings is 2. The molecule has 0 radical (unpaired) electrons. The van der Waals surface area contributed by atoms with E-state index in [1.165, 1.54) is 75.3 Å². The number of hydrogen-bond acceptors (Lipinski definition) is 0. The molecular formula is C24H36. The Morgan fingerprint density at radius 2 is 0.833 bits per heavy atom. The van der Waals surface area contributed by atoms with E-state index >= 15 is 0 Å². The second-order valence-electron chi connectivity index (χ2n) is 6.59. The van der Waals surface area contributed by atoms with Gasteiger partial charge in [0.25, 0.3) is 0 Å². The lowest BCUT2D eigenvalue weighted by Crippen LogP contribution is -1.84. The zero-order valence-corrected chi connectivity index (χ0v) is 15.8. The van der Waals surface area contributed by atoms with Crippen LogP contribution < -0.4 is 0 Å². The first-order valence-electron chi connectivity index (χ1n) is 9.94. The van der Waals surface area contributed by atoms with Crippen molar-refractivity contribution < 1.29 is 0 Å². The molecule has 0 amide bonds. The fourth-order valence-corrected chi connectivity index (χ4v) is 2.80. The maximum Gasteiger partial charge on any atom is -0.0279 e. The Balaban J connectivity index is 0.000000240. The van der Waals surface area contributed by atoms with Crippen molar-refractivity contribution in [2.45, 2.75) is 78.1 Å². The zero-order valence-electron chi connectivity index (χ0n) is 15.8. The summed E-state index contributed by atoms with van der Waals surface area (Å²) in [6.45, 7) is 4.50. The Hall–Kier alpha value is -1.56.